The molecular weight excluding hydrogens is 495 g/mol. The molecule has 166 valence electrons. The van der Waals surface area contributed by atoms with Crippen LogP contribution in [-0.4, -0.2) is 32.2 Å². The lowest BCUT2D eigenvalue weighted by molar-refractivity contribution is 0.352. The van der Waals surface area contributed by atoms with E-state index in [4.69, 9.17) is 13.9 Å². The van der Waals surface area contributed by atoms with E-state index in [2.05, 4.69) is 54.0 Å². The normalized spacial score (nSPS) is 11.5. The third kappa shape index (κ3) is 6.93. The van der Waals surface area contributed by atoms with Crippen LogP contribution in [0.2, 0.25) is 0 Å². The zero-order valence-electron chi connectivity index (χ0n) is 18.7. The van der Waals surface area contributed by atoms with Gasteiger partial charge in [-0.05, 0) is 24.1 Å². The minimum absolute atomic E-state index is 0. The minimum atomic E-state index is -0.0677. The van der Waals surface area contributed by atoms with E-state index in [1.165, 1.54) is 0 Å². The van der Waals surface area contributed by atoms with Crippen molar-refractivity contribution in [1.82, 2.24) is 15.6 Å². The molecule has 0 amide bonds. The highest BCUT2D eigenvalue weighted by Crippen LogP contribution is 2.33. The van der Waals surface area contributed by atoms with Gasteiger partial charge in [-0.3, -0.25) is 4.99 Å². The molecule has 0 aliphatic carbocycles. The number of benzene rings is 1. The van der Waals surface area contributed by atoms with E-state index in [1.54, 1.807) is 27.5 Å². The van der Waals surface area contributed by atoms with Gasteiger partial charge in [0.25, 0.3) is 0 Å². The van der Waals surface area contributed by atoms with Gasteiger partial charge in [0.2, 0.25) is 5.89 Å². The SMILES string of the molecule is C=CCc1cc(CNC(=NC)NCc2ncc(C(C)(C)C)o2)cc(OC)c1OC.I. The van der Waals surface area contributed by atoms with Crippen molar-refractivity contribution >= 4 is 29.9 Å². The molecule has 7 nitrogen and oxygen atoms in total. The molecule has 0 aliphatic heterocycles. The Balaban J connectivity index is 0.00000450. The van der Waals surface area contributed by atoms with Crippen LogP contribution in [0.25, 0.3) is 0 Å². The zero-order valence-corrected chi connectivity index (χ0v) is 21.0. The van der Waals surface area contributed by atoms with Crippen molar-refractivity contribution in [2.24, 2.45) is 4.99 Å². The number of ether oxygens (including phenoxy) is 2. The van der Waals surface area contributed by atoms with Crippen molar-refractivity contribution in [1.29, 1.82) is 0 Å². The zero-order chi connectivity index (χ0) is 21.4. The summed E-state index contributed by atoms with van der Waals surface area (Å²) in [7, 11) is 5.00. The van der Waals surface area contributed by atoms with E-state index >= 15 is 0 Å². The first-order valence-corrected chi connectivity index (χ1v) is 9.56. The molecule has 0 atom stereocenters. The minimum Gasteiger partial charge on any atom is -0.493 e. The van der Waals surface area contributed by atoms with Crippen molar-refractivity contribution in [2.45, 2.75) is 45.7 Å². The number of allylic oxidation sites excluding steroid dienone is 1. The molecule has 0 spiro atoms. The van der Waals surface area contributed by atoms with Crippen LogP contribution in [0.5, 0.6) is 11.5 Å². The summed E-state index contributed by atoms with van der Waals surface area (Å²) in [5, 5.41) is 6.52. The Hall–Kier alpha value is -2.23. The molecule has 30 heavy (non-hydrogen) atoms. The predicted octanol–water partition coefficient (Wildman–Crippen LogP) is 4.20. The van der Waals surface area contributed by atoms with Crippen LogP contribution < -0.4 is 20.1 Å². The second kappa shape index (κ2) is 11.8. The Bertz CT molecular complexity index is 857. The van der Waals surface area contributed by atoms with Crippen molar-refractivity contribution in [3.05, 3.63) is 53.8 Å². The van der Waals surface area contributed by atoms with Crippen molar-refractivity contribution in [3.63, 3.8) is 0 Å². The lowest BCUT2D eigenvalue weighted by Crippen LogP contribution is -2.36. The predicted molar refractivity (Wildman–Crippen MR) is 131 cm³/mol. The first-order valence-electron chi connectivity index (χ1n) is 9.56. The lowest BCUT2D eigenvalue weighted by Gasteiger charge is -2.16. The Morgan fingerprint density at radius 1 is 1.20 bits per heavy atom. The molecule has 0 saturated carbocycles. The molecule has 2 rings (SSSR count). The van der Waals surface area contributed by atoms with E-state index in [1.807, 2.05) is 12.1 Å². The number of nitrogens with zero attached hydrogens (tertiary/aromatic N) is 2. The van der Waals surface area contributed by atoms with Crippen LogP contribution in [0, 0.1) is 0 Å². The van der Waals surface area contributed by atoms with Gasteiger partial charge in [0.1, 0.15) is 5.76 Å². The fraction of sp³-hybridized carbons (Fsp3) is 0.455. The van der Waals surface area contributed by atoms with Crippen molar-refractivity contribution in [3.8, 4) is 11.5 Å². The van der Waals surface area contributed by atoms with E-state index < -0.39 is 0 Å². The summed E-state index contributed by atoms with van der Waals surface area (Å²) in [6, 6.07) is 4.03. The van der Waals surface area contributed by atoms with Gasteiger partial charge in [0, 0.05) is 24.6 Å². The van der Waals surface area contributed by atoms with Crippen LogP contribution in [0.1, 0.15) is 43.5 Å². The average Bonchev–Trinajstić information content (AvgIpc) is 3.17. The Morgan fingerprint density at radius 3 is 2.43 bits per heavy atom. The summed E-state index contributed by atoms with van der Waals surface area (Å²) in [5.41, 5.74) is 2.01. The molecule has 0 saturated heterocycles. The highest BCUT2D eigenvalue weighted by molar-refractivity contribution is 14.0. The maximum atomic E-state index is 5.81. The van der Waals surface area contributed by atoms with E-state index in [9.17, 15) is 0 Å². The highest BCUT2D eigenvalue weighted by Gasteiger charge is 2.19. The number of aliphatic imine (C=N–C) groups is 1. The van der Waals surface area contributed by atoms with Crippen LogP contribution in [0.15, 0.2) is 40.4 Å². The van der Waals surface area contributed by atoms with Crippen LogP contribution >= 0.6 is 24.0 Å². The molecule has 2 aromatic rings. The third-order valence-corrected chi connectivity index (χ3v) is 4.36. The smallest absolute Gasteiger partial charge is 0.213 e. The maximum Gasteiger partial charge on any atom is 0.213 e. The number of oxazole rings is 1. The second-order valence-electron chi connectivity index (χ2n) is 7.63. The van der Waals surface area contributed by atoms with Gasteiger partial charge in [-0.1, -0.05) is 26.8 Å². The number of methoxy groups -OCH3 is 2. The Morgan fingerprint density at radius 2 is 1.90 bits per heavy atom. The van der Waals surface area contributed by atoms with Crippen LogP contribution in [0.4, 0.5) is 0 Å². The molecule has 1 heterocycles. The first kappa shape index (κ1) is 25.8. The van der Waals surface area contributed by atoms with Gasteiger partial charge in [0.05, 0.1) is 27.0 Å². The number of guanidine groups is 1. The summed E-state index contributed by atoms with van der Waals surface area (Å²) in [6.07, 6.45) is 4.32. The monoisotopic (exact) mass is 528 g/mol. The van der Waals surface area contributed by atoms with Gasteiger partial charge < -0.3 is 24.5 Å². The highest BCUT2D eigenvalue weighted by atomic mass is 127. The molecule has 1 aromatic heterocycles. The van der Waals surface area contributed by atoms with E-state index in [0.29, 0.717) is 37.1 Å². The fourth-order valence-corrected chi connectivity index (χ4v) is 2.82. The summed E-state index contributed by atoms with van der Waals surface area (Å²) in [6.45, 7) is 11.1. The molecule has 0 unspecified atom stereocenters. The van der Waals surface area contributed by atoms with Crippen molar-refractivity contribution in [2.75, 3.05) is 21.3 Å². The molecule has 0 radical (unpaired) electrons. The Labute approximate surface area is 196 Å². The molecule has 8 heteroatoms. The quantitative estimate of drug-likeness (QED) is 0.232. The van der Waals surface area contributed by atoms with E-state index in [-0.39, 0.29) is 29.4 Å². The molecular formula is C22H33IN4O3. The molecule has 0 fully saturated rings. The second-order valence-corrected chi connectivity index (χ2v) is 7.63. The van der Waals surface area contributed by atoms with Gasteiger partial charge >= 0.3 is 0 Å². The van der Waals surface area contributed by atoms with Gasteiger partial charge in [-0.15, -0.1) is 30.6 Å². The largest absolute Gasteiger partial charge is 0.493 e. The summed E-state index contributed by atoms with van der Waals surface area (Å²) < 4.78 is 16.8. The number of hydrogen-bond donors (Lipinski definition) is 2. The standard InChI is InChI=1S/C22H32N4O3.HI/c1-8-9-16-10-15(11-17(27-6)20(16)28-7)12-25-21(23-5)26-14-19-24-13-18(29-19)22(2,3)4;/h8,10-11,13H,1,9,12,14H2,2-7H3,(H2,23,25,26);1H. The van der Waals surface area contributed by atoms with Gasteiger partial charge in [-0.25, -0.2) is 4.98 Å². The number of hydrogen-bond acceptors (Lipinski definition) is 5. The molecule has 0 aliphatic rings. The summed E-state index contributed by atoms with van der Waals surface area (Å²) >= 11 is 0. The van der Waals surface area contributed by atoms with Crippen molar-refractivity contribution < 1.29 is 13.9 Å². The average molecular weight is 528 g/mol. The Kier molecular flexibility index (Phi) is 10.2. The van der Waals surface area contributed by atoms with Crippen LogP contribution in [-0.2, 0) is 24.9 Å². The number of nitrogens with one attached hydrogen (secondary N) is 2. The molecule has 1 aromatic carbocycles. The maximum absolute atomic E-state index is 5.81. The molecule has 0 bridgehead atoms. The number of halogens is 1. The first-order chi connectivity index (χ1) is 13.8. The van der Waals surface area contributed by atoms with Crippen LogP contribution in [0.3, 0.4) is 0 Å². The lowest BCUT2D eigenvalue weighted by atomic mass is 9.94. The fourth-order valence-electron chi connectivity index (χ4n) is 2.82. The third-order valence-electron chi connectivity index (χ3n) is 4.36. The number of rotatable bonds is 8. The topological polar surface area (TPSA) is 80.9 Å². The molecule has 2 N–H and O–H groups in total. The van der Waals surface area contributed by atoms with Gasteiger partial charge in [-0.2, -0.15) is 0 Å². The van der Waals surface area contributed by atoms with E-state index in [0.717, 1.165) is 22.6 Å². The number of aromatic nitrogens is 1. The summed E-state index contributed by atoms with van der Waals surface area (Å²) in [4.78, 5) is 8.59. The van der Waals surface area contributed by atoms with Gasteiger partial charge in [0.15, 0.2) is 17.5 Å². The summed E-state index contributed by atoms with van der Waals surface area (Å²) in [5.74, 6) is 3.56.